The van der Waals surface area contributed by atoms with Gasteiger partial charge in [-0.2, -0.15) is 0 Å². The van der Waals surface area contributed by atoms with Gasteiger partial charge in [0.2, 0.25) is 0 Å². The van der Waals surface area contributed by atoms with Gasteiger partial charge in [0.25, 0.3) is 5.91 Å². The van der Waals surface area contributed by atoms with E-state index in [1.165, 1.54) is 24.0 Å². The Labute approximate surface area is 107 Å². The van der Waals surface area contributed by atoms with Crippen molar-refractivity contribution in [2.75, 3.05) is 13.1 Å². The van der Waals surface area contributed by atoms with Gasteiger partial charge in [-0.25, -0.2) is 0 Å². The monoisotopic (exact) mass is 245 g/mol. The fraction of sp³-hybridized carbons (Fsp3) is 0.533. The Kier molecular flexibility index (Phi) is 2.67. The molecule has 0 unspecified atom stereocenters. The van der Waals surface area contributed by atoms with E-state index in [9.17, 15) is 9.90 Å². The molecule has 3 nitrogen and oxygen atoms in total. The third-order valence-electron chi connectivity index (χ3n) is 3.95. The summed E-state index contributed by atoms with van der Waals surface area (Å²) < 4.78 is 0. The number of likely N-dealkylation sites (tertiary alicyclic amines) is 1. The molecule has 1 amide bonds. The molecule has 1 aliphatic heterocycles. The van der Waals surface area contributed by atoms with E-state index in [0.29, 0.717) is 13.1 Å². The van der Waals surface area contributed by atoms with Crippen molar-refractivity contribution < 1.29 is 9.90 Å². The predicted molar refractivity (Wildman–Crippen MR) is 69.6 cm³/mol. The third kappa shape index (κ3) is 2.03. The normalized spacial score (nSPS) is 21.1. The molecule has 0 saturated carbocycles. The highest BCUT2D eigenvalue weighted by atomic mass is 16.3. The van der Waals surface area contributed by atoms with Crippen LogP contribution < -0.4 is 0 Å². The second kappa shape index (κ2) is 4.09. The average Bonchev–Trinajstić information content (AvgIpc) is 2.34. The van der Waals surface area contributed by atoms with Crippen LogP contribution in [0.25, 0.3) is 0 Å². The van der Waals surface area contributed by atoms with Gasteiger partial charge in [0.05, 0.1) is 18.7 Å². The molecule has 3 heteroatoms. The van der Waals surface area contributed by atoms with Gasteiger partial charge in [0.15, 0.2) is 0 Å². The van der Waals surface area contributed by atoms with E-state index in [1.807, 2.05) is 12.1 Å². The molecule has 3 rings (SSSR count). The Bertz CT molecular complexity index is 485. The van der Waals surface area contributed by atoms with Crippen molar-refractivity contribution in [2.45, 2.75) is 38.2 Å². The Morgan fingerprint density at radius 1 is 1.22 bits per heavy atom. The standard InChI is InChI=1S/C15H19NO2/c1-15(18)9-16(10-15)14(17)13-7-6-11-4-2-3-5-12(11)8-13/h6-8,18H,2-5,9-10H2,1H3. The molecule has 18 heavy (non-hydrogen) atoms. The maximum Gasteiger partial charge on any atom is 0.254 e. The molecule has 2 aliphatic rings. The molecule has 1 saturated heterocycles. The minimum absolute atomic E-state index is 0.0508. The lowest BCUT2D eigenvalue weighted by Gasteiger charge is -2.44. The second-order valence-electron chi connectivity index (χ2n) is 5.85. The zero-order valence-electron chi connectivity index (χ0n) is 10.8. The van der Waals surface area contributed by atoms with Crippen molar-refractivity contribution in [3.05, 3.63) is 34.9 Å². The van der Waals surface area contributed by atoms with Crippen LogP contribution in [0.15, 0.2) is 18.2 Å². The van der Waals surface area contributed by atoms with Gasteiger partial charge in [0.1, 0.15) is 0 Å². The van der Waals surface area contributed by atoms with Crippen LogP contribution in [-0.2, 0) is 12.8 Å². The van der Waals surface area contributed by atoms with E-state index in [-0.39, 0.29) is 5.91 Å². The first kappa shape index (κ1) is 11.7. The van der Waals surface area contributed by atoms with E-state index in [0.717, 1.165) is 18.4 Å². The molecule has 96 valence electrons. The maximum atomic E-state index is 12.2. The molecule has 1 fully saturated rings. The molecule has 0 atom stereocenters. The number of β-amino-alcohol motifs (C(OH)–C–C–N with tert-alkyl or cyclic N) is 1. The van der Waals surface area contributed by atoms with Crippen molar-refractivity contribution in [2.24, 2.45) is 0 Å². The Morgan fingerprint density at radius 3 is 2.56 bits per heavy atom. The van der Waals surface area contributed by atoms with Crippen molar-refractivity contribution in [1.29, 1.82) is 0 Å². The van der Waals surface area contributed by atoms with Crippen LogP contribution in [0.2, 0.25) is 0 Å². The van der Waals surface area contributed by atoms with E-state index in [4.69, 9.17) is 0 Å². The largest absolute Gasteiger partial charge is 0.386 e. The first-order chi connectivity index (χ1) is 8.55. The molecular formula is C15H19NO2. The fourth-order valence-electron chi connectivity index (χ4n) is 2.97. The highest BCUT2D eigenvalue weighted by Crippen LogP contribution is 2.25. The van der Waals surface area contributed by atoms with Gasteiger partial charge in [-0.15, -0.1) is 0 Å². The Morgan fingerprint density at radius 2 is 1.89 bits per heavy atom. The van der Waals surface area contributed by atoms with Gasteiger partial charge in [0, 0.05) is 5.56 Å². The van der Waals surface area contributed by atoms with E-state index in [1.54, 1.807) is 11.8 Å². The first-order valence-electron chi connectivity index (χ1n) is 6.69. The number of fused-ring (bicyclic) bond motifs is 1. The number of aliphatic hydroxyl groups is 1. The van der Waals surface area contributed by atoms with Crippen LogP contribution in [-0.4, -0.2) is 34.6 Å². The SMILES string of the molecule is CC1(O)CN(C(=O)c2ccc3c(c2)CCCC3)C1. The summed E-state index contributed by atoms with van der Waals surface area (Å²) in [4.78, 5) is 13.9. The highest BCUT2D eigenvalue weighted by molar-refractivity contribution is 5.95. The molecule has 0 radical (unpaired) electrons. The number of carbonyl (C=O) groups is 1. The summed E-state index contributed by atoms with van der Waals surface area (Å²) in [6.07, 6.45) is 4.72. The smallest absolute Gasteiger partial charge is 0.254 e. The van der Waals surface area contributed by atoms with Gasteiger partial charge >= 0.3 is 0 Å². The average molecular weight is 245 g/mol. The summed E-state index contributed by atoms with van der Waals surface area (Å²) in [5.74, 6) is 0.0508. The van der Waals surface area contributed by atoms with Gasteiger partial charge in [-0.1, -0.05) is 6.07 Å². The van der Waals surface area contributed by atoms with Crippen molar-refractivity contribution in [3.8, 4) is 0 Å². The lowest BCUT2D eigenvalue weighted by Crippen LogP contribution is -2.61. The number of hydrogen-bond acceptors (Lipinski definition) is 2. The summed E-state index contributed by atoms with van der Waals surface area (Å²) in [7, 11) is 0. The molecule has 0 bridgehead atoms. The van der Waals surface area contributed by atoms with Gasteiger partial charge in [-0.3, -0.25) is 4.79 Å². The maximum absolute atomic E-state index is 12.2. The fourth-order valence-corrected chi connectivity index (χ4v) is 2.97. The highest BCUT2D eigenvalue weighted by Gasteiger charge is 2.39. The summed E-state index contributed by atoms with van der Waals surface area (Å²) in [5.41, 5.74) is 2.81. The van der Waals surface area contributed by atoms with Crippen LogP contribution in [0.4, 0.5) is 0 Å². The molecule has 1 aromatic carbocycles. The quantitative estimate of drug-likeness (QED) is 0.819. The summed E-state index contributed by atoms with van der Waals surface area (Å²) in [5, 5.41) is 9.68. The van der Waals surface area contributed by atoms with Crippen molar-refractivity contribution in [3.63, 3.8) is 0 Å². The number of amides is 1. The second-order valence-corrected chi connectivity index (χ2v) is 5.85. The van der Waals surface area contributed by atoms with Crippen molar-refractivity contribution in [1.82, 2.24) is 4.90 Å². The minimum Gasteiger partial charge on any atom is -0.386 e. The number of carbonyl (C=O) groups excluding carboxylic acids is 1. The Balaban J connectivity index is 1.78. The van der Waals surface area contributed by atoms with Crippen LogP contribution in [0.5, 0.6) is 0 Å². The summed E-state index contributed by atoms with van der Waals surface area (Å²) in [6, 6.07) is 6.07. The summed E-state index contributed by atoms with van der Waals surface area (Å²) in [6.45, 7) is 2.66. The molecule has 0 aromatic heterocycles. The topological polar surface area (TPSA) is 40.5 Å². The van der Waals surface area contributed by atoms with E-state index < -0.39 is 5.60 Å². The lowest BCUT2D eigenvalue weighted by molar-refractivity contribution is -0.0668. The van der Waals surface area contributed by atoms with Crippen molar-refractivity contribution >= 4 is 5.91 Å². The van der Waals surface area contributed by atoms with Crippen LogP contribution in [0.1, 0.15) is 41.3 Å². The predicted octanol–water partition coefficient (Wildman–Crippen LogP) is 1.77. The lowest BCUT2D eigenvalue weighted by atomic mass is 9.89. The molecule has 1 aliphatic carbocycles. The zero-order valence-corrected chi connectivity index (χ0v) is 10.8. The van der Waals surface area contributed by atoms with E-state index in [2.05, 4.69) is 6.07 Å². The van der Waals surface area contributed by atoms with Gasteiger partial charge < -0.3 is 10.0 Å². The van der Waals surface area contributed by atoms with E-state index >= 15 is 0 Å². The van der Waals surface area contributed by atoms with Crippen LogP contribution in [0, 0.1) is 0 Å². The zero-order chi connectivity index (χ0) is 12.8. The molecule has 0 spiro atoms. The minimum atomic E-state index is -0.691. The molecule has 1 aromatic rings. The van der Waals surface area contributed by atoms with Gasteiger partial charge in [-0.05, 0) is 55.9 Å². The molecule has 1 heterocycles. The number of nitrogens with zero attached hydrogens (tertiary/aromatic N) is 1. The number of hydrogen-bond donors (Lipinski definition) is 1. The number of rotatable bonds is 1. The first-order valence-corrected chi connectivity index (χ1v) is 6.69. The summed E-state index contributed by atoms with van der Waals surface area (Å²) >= 11 is 0. The molecule has 1 N–H and O–H groups in total. The number of benzene rings is 1. The number of aryl methyl sites for hydroxylation is 2. The van der Waals surface area contributed by atoms with Crippen LogP contribution in [0.3, 0.4) is 0 Å². The Hall–Kier alpha value is -1.35. The van der Waals surface area contributed by atoms with Crippen LogP contribution >= 0.6 is 0 Å². The molecular weight excluding hydrogens is 226 g/mol. The third-order valence-corrected chi connectivity index (χ3v) is 3.95.